The zero-order valence-corrected chi connectivity index (χ0v) is 8.77. The number of thioether (sulfide) groups is 1. The fraction of sp³-hybridized carbons (Fsp3) is 0.400. The van der Waals surface area contributed by atoms with Gasteiger partial charge in [-0.25, -0.2) is 0 Å². The van der Waals surface area contributed by atoms with Crippen molar-refractivity contribution in [3.63, 3.8) is 0 Å². The zero-order valence-electron chi connectivity index (χ0n) is 7.95. The summed E-state index contributed by atoms with van der Waals surface area (Å²) < 4.78 is 0. The summed E-state index contributed by atoms with van der Waals surface area (Å²) in [5.74, 6) is 0. The van der Waals surface area contributed by atoms with Gasteiger partial charge in [-0.05, 0) is 24.8 Å². The fourth-order valence-electron chi connectivity index (χ4n) is 1.20. The maximum Gasteiger partial charge on any atom is 0.0650 e. The highest BCUT2D eigenvalue weighted by atomic mass is 32.2. The van der Waals surface area contributed by atoms with Crippen LogP contribution in [-0.4, -0.2) is 18.0 Å². The summed E-state index contributed by atoms with van der Waals surface area (Å²) >= 11 is 1.65. The van der Waals surface area contributed by atoms with Crippen molar-refractivity contribution in [3.8, 4) is 0 Å². The van der Waals surface area contributed by atoms with Crippen LogP contribution in [0, 0.1) is 0 Å². The van der Waals surface area contributed by atoms with Crippen LogP contribution >= 0.6 is 11.8 Å². The minimum absolute atomic E-state index is 0.0371. The molecule has 0 radical (unpaired) electrons. The van der Waals surface area contributed by atoms with Crippen LogP contribution in [0.2, 0.25) is 0 Å². The molecule has 1 aromatic carbocycles. The lowest BCUT2D eigenvalue weighted by atomic mass is 9.94. The second kappa shape index (κ2) is 4.13. The van der Waals surface area contributed by atoms with E-state index in [9.17, 15) is 0 Å². The van der Waals surface area contributed by atoms with Gasteiger partial charge in [0, 0.05) is 4.90 Å². The standard InChI is InChI=1S/C10H15NOS/c1-10(11,7-12)8-5-3-4-6-9(8)13-2/h3-6,12H,7,11H2,1-2H3/t10-/m1/s1. The predicted octanol–water partition coefficient (Wildman–Crippen LogP) is 1.57. The Morgan fingerprint density at radius 2 is 2.08 bits per heavy atom. The number of aliphatic hydroxyl groups is 1. The summed E-state index contributed by atoms with van der Waals surface area (Å²) in [6.45, 7) is 1.80. The fourth-order valence-corrected chi connectivity index (χ4v) is 1.94. The Kier molecular flexibility index (Phi) is 3.36. The largest absolute Gasteiger partial charge is 0.394 e. The van der Waals surface area contributed by atoms with Crippen LogP contribution in [0.15, 0.2) is 29.2 Å². The van der Waals surface area contributed by atoms with E-state index in [0.717, 1.165) is 10.5 Å². The lowest BCUT2D eigenvalue weighted by molar-refractivity contribution is 0.208. The average molecular weight is 197 g/mol. The van der Waals surface area contributed by atoms with Gasteiger partial charge in [0.25, 0.3) is 0 Å². The Balaban J connectivity index is 3.12. The molecule has 0 spiro atoms. The Hall–Kier alpha value is -0.510. The van der Waals surface area contributed by atoms with E-state index in [4.69, 9.17) is 10.8 Å². The second-order valence-corrected chi connectivity index (χ2v) is 4.12. The van der Waals surface area contributed by atoms with Gasteiger partial charge >= 0.3 is 0 Å². The number of hydrogen-bond donors (Lipinski definition) is 2. The predicted molar refractivity (Wildman–Crippen MR) is 56.8 cm³/mol. The van der Waals surface area contributed by atoms with Crippen LogP contribution in [-0.2, 0) is 5.54 Å². The van der Waals surface area contributed by atoms with Crippen molar-refractivity contribution < 1.29 is 5.11 Å². The molecule has 1 rings (SSSR count). The molecule has 3 heteroatoms. The molecule has 0 aromatic heterocycles. The molecule has 1 aromatic rings. The van der Waals surface area contributed by atoms with Crippen LogP contribution < -0.4 is 5.73 Å². The maximum atomic E-state index is 9.13. The van der Waals surface area contributed by atoms with E-state index in [0.29, 0.717) is 0 Å². The van der Waals surface area contributed by atoms with Gasteiger partial charge in [0.15, 0.2) is 0 Å². The molecule has 0 fully saturated rings. The average Bonchev–Trinajstić information content (AvgIpc) is 2.18. The Bertz CT molecular complexity index is 286. The quantitative estimate of drug-likeness (QED) is 0.723. The van der Waals surface area contributed by atoms with Crippen LogP contribution in [0.3, 0.4) is 0 Å². The minimum atomic E-state index is -0.639. The minimum Gasteiger partial charge on any atom is -0.394 e. The molecule has 0 unspecified atom stereocenters. The molecular formula is C10H15NOS. The third kappa shape index (κ3) is 2.24. The van der Waals surface area contributed by atoms with Crippen LogP contribution in [0.4, 0.5) is 0 Å². The van der Waals surface area contributed by atoms with E-state index in [1.165, 1.54) is 0 Å². The summed E-state index contributed by atoms with van der Waals surface area (Å²) in [5, 5.41) is 9.13. The highest BCUT2D eigenvalue weighted by Gasteiger charge is 2.22. The first-order valence-corrected chi connectivity index (χ1v) is 5.37. The zero-order chi connectivity index (χ0) is 9.90. The topological polar surface area (TPSA) is 46.2 Å². The van der Waals surface area contributed by atoms with Gasteiger partial charge in [0.2, 0.25) is 0 Å². The number of rotatable bonds is 3. The maximum absolute atomic E-state index is 9.13. The molecule has 0 aliphatic rings. The number of benzene rings is 1. The van der Waals surface area contributed by atoms with Crippen molar-refractivity contribution >= 4 is 11.8 Å². The first-order chi connectivity index (χ1) is 6.11. The lowest BCUT2D eigenvalue weighted by Gasteiger charge is -2.24. The molecule has 0 saturated heterocycles. The van der Waals surface area contributed by atoms with E-state index in [-0.39, 0.29) is 6.61 Å². The molecule has 72 valence electrons. The Morgan fingerprint density at radius 1 is 1.46 bits per heavy atom. The molecule has 3 N–H and O–H groups in total. The summed E-state index contributed by atoms with van der Waals surface area (Å²) in [7, 11) is 0. The van der Waals surface area contributed by atoms with Crippen LogP contribution in [0.1, 0.15) is 12.5 Å². The third-order valence-corrected chi connectivity index (χ3v) is 2.85. The first-order valence-electron chi connectivity index (χ1n) is 4.15. The van der Waals surface area contributed by atoms with Gasteiger partial charge in [0.1, 0.15) is 0 Å². The lowest BCUT2D eigenvalue weighted by Crippen LogP contribution is -2.37. The summed E-state index contributed by atoms with van der Waals surface area (Å²) in [4.78, 5) is 1.13. The summed E-state index contributed by atoms with van der Waals surface area (Å²) in [6.07, 6.45) is 2.01. The van der Waals surface area contributed by atoms with Gasteiger partial charge in [-0.3, -0.25) is 0 Å². The Morgan fingerprint density at radius 3 is 2.62 bits per heavy atom. The monoisotopic (exact) mass is 197 g/mol. The van der Waals surface area contributed by atoms with Gasteiger partial charge in [-0.2, -0.15) is 0 Å². The normalized spacial score (nSPS) is 15.4. The highest BCUT2D eigenvalue weighted by molar-refractivity contribution is 7.98. The molecule has 0 heterocycles. The molecule has 0 aliphatic heterocycles. The first kappa shape index (κ1) is 10.6. The van der Waals surface area contributed by atoms with E-state index in [2.05, 4.69) is 0 Å². The van der Waals surface area contributed by atoms with Crippen molar-refractivity contribution in [2.24, 2.45) is 5.73 Å². The number of hydrogen-bond acceptors (Lipinski definition) is 3. The molecule has 0 amide bonds. The molecule has 0 aliphatic carbocycles. The SMILES string of the molecule is CSc1ccccc1[C@](C)(N)CO. The van der Waals surface area contributed by atoms with Crippen molar-refractivity contribution in [1.82, 2.24) is 0 Å². The molecule has 2 nitrogen and oxygen atoms in total. The smallest absolute Gasteiger partial charge is 0.0650 e. The van der Waals surface area contributed by atoms with Gasteiger partial charge in [-0.15, -0.1) is 11.8 Å². The molecule has 0 saturated carbocycles. The molecule has 1 atom stereocenters. The summed E-state index contributed by atoms with van der Waals surface area (Å²) in [6, 6.07) is 7.89. The van der Waals surface area contributed by atoms with Gasteiger partial charge in [-0.1, -0.05) is 18.2 Å². The molecule has 0 bridgehead atoms. The van der Waals surface area contributed by atoms with Crippen LogP contribution in [0.5, 0.6) is 0 Å². The third-order valence-electron chi connectivity index (χ3n) is 2.05. The van der Waals surface area contributed by atoms with Gasteiger partial charge in [0.05, 0.1) is 12.1 Å². The van der Waals surface area contributed by atoms with E-state index in [1.807, 2.05) is 37.4 Å². The van der Waals surface area contributed by atoms with Crippen molar-refractivity contribution in [3.05, 3.63) is 29.8 Å². The number of nitrogens with two attached hydrogens (primary N) is 1. The Labute approximate surface area is 83.1 Å². The van der Waals surface area contributed by atoms with Crippen molar-refractivity contribution in [1.29, 1.82) is 0 Å². The van der Waals surface area contributed by atoms with E-state index in [1.54, 1.807) is 11.8 Å². The highest BCUT2D eigenvalue weighted by Crippen LogP contribution is 2.27. The van der Waals surface area contributed by atoms with Crippen LogP contribution in [0.25, 0.3) is 0 Å². The molecular weight excluding hydrogens is 182 g/mol. The molecule has 13 heavy (non-hydrogen) atoms. The van der Waals surface area contributed by atoms with Crippen molar-refractivity contribution in [2.75, 3.05) is 12.9 Å². The summed E-state index contributed by atoms with van der Waals surface area (Å²) in [5.41, 5.74) is 6.32. The van der Waals surface area contributed by atoms with E-state index >= 15 is 0 Å². The van der Waals surface area contributed by atoms with Gasteiger partial charge < -0.3 is 10.8 Å². The van der Waals surface area contributed by atoms with Crippen molar-refractivity contribution in [2.45, 2.75) is 17.4 Å². The number of aliphatic hydroxyl groups excluding tert-OH is 1. The second-order valence-electron chi connectivity index (χ2n) is 3.28. The van der Waals surface area contributed by atoms with E-state index < -0.39 is 5.54 Å².